The van der Waals surface area contributed by atoms with E-state index in [1.54, 1.807) is 0 Å². The topological polar surface area (TPSA) is 62.5 Å². The maximum atomic E-state index is 9.17. The smallest absolute Gasteiger partial charge is 0.164 e. The fourth-order valence-electron chi connectivity index (χ4n) is 6.27. The summed E-state index contributed by atoms with van der Waals surface area (Å²) in [5, 5.41) is 9.17. The molecule has 0 saturated carbocycles. The third-order valence-corrected chi connectivity index (χ3v) is 8.82. The molecule has 0 bridgehead atoms. The molecule has 8 rings (SSSR count). The highest BCUT2D eigenvalue weighted by Crippen LogP contribution is 2.40. The molecule has 8 aromatic rings. The second-order valence-electron chi connectivity index (χ2n) is 12.0. The van der Waals surface area contributed by atoms with Crippen molar-refractivity contribution in [2.75, 3.05) is 0 Å². The van der Waals surface area contributed by atoms with Crippen LogP contribution in [0.15, 0.2) is 182 Å². The van der Waals surface area contributed by atoms with Crippen LogP contribution in [0.5, 0.6) is 0 Å². The van der Waals surface area contributed by atoms with Gasteiger partial charge in [-0.25, -0.2) is 15.0 Å². The SMILES string of the molecule is N#Cc1ccc(-c2ccc(-c3nc(-c4ccccc4)nc(-c4ccc(-c5cccc(-c6ccccc6)c5-c5ccccc5)cc4)n3)cc2)cc1. The van der Waals surface area contributed by atoms with E-state index in [0.717, 1.165) is 38.9 Å². The van der Waals surface area contributed by atoms with E-state index in [1.807, 2.05) is 66.7 Å². The van der Waals surface area contributed by atoms with Crippen LogP contribution in [0.1, 0.15) is 5.56 Å². The van der Waals surface area contributed by atoms with Crippen LogP contribution in [0.4, 0.5) is 0 Å². The molecule has 1 aromatic heterocycles. The van der Waals surface area contributed by atoms with Crippen LogP contribution in [-0.2, 0) is 0 Å². The van der Waals surface area contributed by atoms with E-state index in [-0.39, 0.29) is 0 Å². The minimum Gasteiger partial charge on any atom is -0.208 e. The first-order valence-electron chi connectivity index (χ1n) is 16.5. The zero-order valence-corrected chi connectivity index (χ0v) is 27.1. The zero-order valence-electron chi connectivity index (χ0n) is 27.1. The normalized spacial score (nSPS) is 10.8. The Morgan fingerprint density at radius 3 is 1.10 bits per heavy atom. The van der Waals surface area contributed by atoms with Crippen molar-refractivity contribution in [1.82, 2.24) is 15.0 Å². The van der Waals surface area contributed by atoms with Crippen LogP contribution in [0.25, 0.3) is 78.7 Å². The first-order valence-corrected chi connectivity index (χ1v) is 16.5. The summed E-state index contributed by atoms with van der Waals surface area (Å²) < 4.78 is 0. The number of hydrogen-bond acceptors (Lipinski definition) is 4. The molecule has 0 aliphatic carbocycles. The van der Waals surface area contributed by atoms with E-state index in [1.165, 1.54) is 22.3 Å². The number of nitriles is 1. The Balaban J connectivity index is 1.19. The number of rotatable bonds is 7. The van der Waals surface area contributed by atoms with Crippen LogP contribution >= 0.6 is 0 Å². The largest absolute Gasteiger partial charge is 0.208 e. The molecule has 50 heavy (non-hydrogen) atoms. The number of nitrogens with zero attached hydrogens (tertiary/aromatic N) is 4. The maximum Gasteiger partial charge on any atom is 0.164 e. The van der Waals surface area contributed by atoms with Gasteiger partial charge >= 0.3 is 0 Å². The molecule has 0 unspecified atom stereocenters. The second kappa shape index (κ2) is 13.6. The number of benzene rings is 7. The predicted octanol–water partition coefficient (Wildman–Crippen LogP) is 11.4. The Morgan fingerprint density at radius 1 is 0.300 bits per heavy atom. The van der Waals surface area contributed by atoms with Crippen LogP contribution in [0.3, 0.4) is 0 Å². The van der Waals surface area contributed by atoms with Crippen LogP contribution in [0, 0.1) is 11.3 Å². The molecule has 234 valence electrons. The molecule has 1 heterocycles. The Morgan fingerprint density at radius 2 is 0.640 bits per heavy atom. The van der Waals surface area contributed by atoms with Crippen molar-refractivity contribution in [2.45, 2.75) is 0 Å². The summed E-state index contributed by atoms with van der Waals surface area (Å²) in [6.45, 7) is 0. The molecule has 0 aliphatic heterocycles. The summed E-state index contributed by atoms with van der Waals surface area (Å²) in [6.07, 6.45) is 0. The lowest BCUT2D eigenvalue weighted by Crippen LogP contribution is -2.00. The maximum absolute atomic E-state index is 9.17. The van der Waals surface area contributed by atoms with Gasteiger partial charge in [0.05, 0.1) is 11.6 Å². The number of hydrogen-bond donors (Lipinski definition) is 0. The van der Waals surface area contributed by atoms with Gasteiger partial charge in [0.25, 0.3) is 0 Å². The first-order chi connectivity index (χ1) is 24.7. The molecule has 0 radical (unpaired) electrons. The average molecular weight is 639 g/mol. The predicted molar refractivity (Wildman–Crippen MR) is 203 cm³/mol. The summed E-state index contributed by atoms with van der Waals surface area (Å²) in [5.74, 6) is 1.83. The fourth-order valence-corrected chi connectivity index (χ4v) is 6.27. The molecule has 0 amide bonds. The third-order valence-electron chi connectivity index (χ3n) is 8.82. The average Bonchev–Trinajstić information content (AvgIpc) is 3.21. The van der Waals surface area contributed by atoms with E-state index >= 15 is 0 Å². The highest BCUT2D eigenvalue weighted by Gasteiger charge is 2.16. The standard InChI is InChI=1S/C46H30N4/c47-31-32-19-21-33(22-20-32)34-23-27-39(28-24-34)45-48-44(38-15-8-3-9-16-38)49-46(50-45)40-29-25-36(26-30-40)42-18-10-17-41(35-11-4-1-5-12-35)43(42)37-13-6-2-7-14-37/h1-30H. The molecule has 7 aromatic carbocycles. The van der Waals surface area contributed by atoms with Gasteiger partial charge in [-0.2, -0.15) is 5.26 Å². The molecular formula is C46H30N4. The van der Waals surface area contributed by atoms with Gasteiger partial charge in [0.15, 0.2) is 17.5 Å². The zero-order chi connectivity index (χ0) is 33.7. The van der Waals surface area contributed by atoms with Gasteiger partial charge in [0.2, 0.25) is 0 Å². The quantitative estimate of drug-likeness (QED) is 0.174. The van der Waals surface area contributed by atoms with Crippen molar-refractivity contribution in [3.8, 4) is 84.7 Å². The molecule has 0 atom stereocenters. The van der Waals surface area contributed by atoms with Crippen molar-refractivity contribution in [1.29, 1.82) is 5.26 Å². The minimum absolute atomic E-state index is 0.603. The first kappa shape index (κ1) is 30.4. The van der Waals surface area contributed by atoms with Crippen molar-refractivity contribution >= 4 is 0 Å². The van der Waals surface area contributed by atoms with Gasteiger partial charge in [-0.3, -0.25) is 0 Å². The summed E-state index contributed by atoms with van der Waals surface area (Å²) in [7, 11) is 0. The summed E-state index contributed by atoms with van der Waals surface area (Å²) in [4.78, 5) is 14.9. The summed E-state index contributed by atoms with van der Waals surface area (Å²) in [5.41, 5.74) is 12.5. The Kier molecular flexibility index (Phi) is 8.29. The lowest BCUT2D eigenvalue weighted by Gasteiger charge is -2.16. The van der Waals surface area contributed by atoms with Gasteiger partial charge in [0.1, 0.15) is 0 Å². The van der Waals surface area contributed by atoms with Crippen LogP contribution in [0.2, 0.25) is 0 Å². The number of aromatic nitrogens is 3. The van der Waals surface area contributed by atoms with E-state index in [9.17, 15) is 5.26 Å². The monoisotopic (exact) mass is 638 g/mol. The molecule has 0 aliphatic rings. The van der Waals surface area contributed by atoms with Crippen molar-refractivity contribution in [3.05, 3.63) is 188 Å². The van der Waals surface area contributed by atoms with Gasteiger partial charge in [-0.1, -0.05) is 170 Å². The summed E-state index contributed by atoms with van der Waals surface area (Å²) in [6, 6.07) is 64.2. The minimum atomic E-state index is 0.603. The molecule has 0 N–H and O–H groups in total. The molecule has 0 fully saturated rings. The lowest BCUT2D eigenvalue weighted by atomic mass is 9.87. The Labute approximate surface area is 291 Å². The van der Waals surface area contributed by atoms with Crippen molar-refractivity contribution < 1.29 is 0 Å². The van der Waals surface area contributed by atoms with Gasteiger partial charge in [-0.05, 0) is 56.6 Å². The van der Waals surface area contributed by atoms with Crippen molar-refractivity contribution in [3.63, 3.8) is 0 Å². The van der Waals surface area contributed by atoms with Crippen LogP contribution < -0.4 is 0 Å². The molecule has 4 heteroatoms. The highest BCUT2D eigenvalue weighted by molar-refractivity contribution is 5.94. The lowest BCUT2D eigenvalue weighted by molar-refractivity contribution is 1.07. The summed E-state index contributed by atoms with van der Waals surface area (Å²) >= 11 is 0. The molecule has 0 spiro atoms. The van der Waals surface area contributed by atoms with E-state index in [2.05, 4.69) is 121 Å². The molecule has 4 nitrogen and oxygen atoms in total. The van der Waals surface area contributed by atoms with E-state index < -0.39 is 0 Å². The van der Waals surface area contributed by atoms with Crippen LogP contribution in [-0.4, -0.2) is 15.0 Å². The van der Waals surface area contributed by atoms with E-state index in [4.69, 9.17) is 15.0 Å². The third kappa shape index (κ3) is 6.20. The van der Waals surface area contributed by atoms with Gasteiger partial charge in [-0.15, -0.1) is 0 Å². The van der Waals surface area contributed by atoms with Gasteiger partial charge in [0, 0.05) is 16.7 Å². The van der Waals surface area contributed by atoms with Gasteiger partial charge < -0.3 is 0 Å². The highest BCUT2D eigenvalue weighted by atomic mass is 15.0. The van der Waals surface area contributed by atoms with Crippen molar-refractivity contribution in [2.24, 2.45) is 0 Å². The second-order valence-corrected chi connectivity index (χ2v) is 12.0. The fraction of sp³-hybridized carbons (Fsp3) is 0. The molecule has 0 saturated heterocycles. The molecular weight excluding hydrogens is 609 g/mol. The van der Waals surface area contributed by atoms with E-state index in [0.29, 0.717) is 23.0 Å². The Hall–Kier alpha value is -6.96. The Bertz CT molecular complexity index is 2430.